The lowest BCUT2D eigenvalue weighted by molar-refractivity contribution is 0.380. The molecule has 2 N–H and O–H groups in total. The quantitative estimate of drug-likeness (QED) is 0.842. The third kappa shape index (κ3) is 1.81. The number of rotatable bonds is 1. The molecule has 1 heterocycles. The van der Waals surface area contributed by atoms with Crippen molar-refractivity contribution in [3.63, 3.8) is 0 Å². The third-order valence-corrected chi connectivity index (χ3v) is 4.03. The van der Waals surface area contributed by atoms with Gasteiger partial charge in [0.25, 0.3) is 0 Å². The smallest absolute Gasteiger partial charge is 0.151 e. The van der Waals surface area contributed by atoms with Crippen molar-refractivity contribution < 1.29 is 4.39 Å². The molecule has 0 saturated heterocycles. The van der Waals surface area contributed by atoms with Gasteiger partial charge in [0.05, 0.1) is 5.52 Å². The molecule has 4 heteroatoms. The van der Waals surface area contributed by atoms with E-state index in [9.17, 15) is 4.39 Å². The van der Waals surface area contributed by atoms with E-state index in [-0.39, 0.29) is 5.82 Å². The monoisotopic (exact) mass is 247 g/mol. The van der Waals surface area contributed by atoms with Gasteiger partial charge in [0, 0.05) is 19.0 Å². The number of nitrogens with two attached hydrogens (primary N) is 1. The molecule has 1 aromatic carbocycles. The van der Waals surface area contributed by atoms with Crippen molar-refractivity contribution in [2.24, 2.45) is 12.8 Å². The van der Waals surface area contributed by atoms with Crippen molar-refractivity contribution in [2.75, 3.05) is 0 Å². The first-order valence-corrected chi connectivity index (χ1v) is 6.53. The van der Waals surface area contributed by atoms with Crippen LogP contribution in [0.4, 0.5) is 4.39 Å². The van der Waals surface area contributed by atoms with Crippen molar-refractivity contribution in [1.82, 2.24) is 9.55 Å². The summed E-state index contributed by atoms with van der Waals surface area (Å²) in [5, 5.41) is 0. The number of hydrogen-bond acceptors (Lipinski definition) is 2. The van der Waals surface area contributed by atoms with E-state index in [2.05, 4.69) is 4.98 Å². The number of aromatic nitrogens is 2. The van der Waals surface area contributed by atoms with E-state index >= 15 is 0 Å². The minimum Gasteiger partial charge on any atom is -0.331 e. The van der Waals surface area contributed by atoms with E-state index in [1.165, 1.54) is 6.07 Å². The van der Waals surface area contributed by atoms with Gasteiger partial charge < -0.3 is 10.3 Å². The maximum absolute atomic E-state index is 13.7. The van der Waals surface area contributed by atoms with Crippen LogP contribution in [-0.2, 0) is 7.05 Å². The molecule has 18 heavy (non-hydrogen) atoms. The Morgan fingerprint density at radius 2 is 2.00 bits per heavy atom. The number of fused-ring (bicyclic) bond motifs is 1. The third-order valence-electron chi connectivity index (χ3n) is 4.03. The predicted molar refractivity (Wildman–Crippen MR) is 69.9 cm³/mol. The van der Waals surface area contributed by atoms with Gasteiger partial charge in [-0.15, -0.1) is 0 Å². The summed E-state index contributed by atoms with van der Waals surface area (Å²) in [6, 6.07) is 5.45. The second kappa shape index (κ2) is 4.35. The van der Waals surface area contributed by atoms with Crippen LogP contribution in [0.5, 0.6) is 0 Å². The van der Waals surface area contributed by atoms with Gasteiger partial charge in [-0.25, -0.2) is 9.37 Å². The van der Waals surface area contributed by atoms with Gasteiger partial charge in [0.1, 0.15) is 11.3 Å². The lowest BCUT2D eigenvalue weighted by atomic mass is 9.86. The second-order valence-corrected chi connectivity index (χ2v) is 5.25. The number of para-hydroxylation sites is 1. The summed E-state index contributed by atoms with van der Waals surface area (Å²) in [4.78, 5) is 4.51. The Labute approximate surface area is 106 Å². The normalized spacial score (nSPS) is 24.6. The van der Waals surface area contributed by atoms with Crippen LogP contribution in [0.3, 0.4) is 0 Å². The highest BCUT2D eigenvalue weighted by atomic mass is 19.1. The Morgan fingerprint density at radius 1 is 1.28 bits per heavy atom. The van der Waals surface area contributed by atoms with Crippen molar-refractivity contribution in [2.45, 2.75) is 37.6 Å². The molecule has 96 valence electrons. The lowest BCUT2D eigenvalue weighted by Crippen LogP contribution is -2.26. The van der Waals surface area contributed by atoms with E-state index < -0.39 is 0 Å². The Hall–Kier alpha value is -1.42. The van der Waals surface area contributed by atoms with Gasteiger partial charge in [-0.3, -0.25) is 0 Å². The van der Waals surface area contributed by atoms with Gasteiger partial charge in [-0.2, -0.15) is 0 Å². The van der Waals surface area contributed by atoms with Gasteiger partial charge in [0.15, 0.2) is 5.82 Å². The molecule has 0 bridgehead atoms. The number of hydrogen-bond donors (Lipinski definition) is 1. The van der Waals surface area contributed by atoms with Crippen LogP contribution in [0.25, 0.3) is 11.0 Å². The molecule has 3 rings (SSSR count). The maximum Gasteiger partial charge on any atom is 0.151 e. The van der Waals surface area contributed by atoms with Crippen LogP contribution in [0, 0.1) is 5.82 Å². The Morgan fingerprint density at radius 3 is 2.67 bits per heavy atom. The number of halogens is 1. The number of aryl methyl sites for hydroxylation is 1. The molecule has 0 atom stereocenters. The standard InChI is InChI=1S/C14H18FN3/c1-18-12-4-2-3-11(15)13(12)17-14(18)9-5-7-10(16)8-6-9/h2-4,9-10H,5-8,16H2,1H3. The minimum atomic E-state index is -0.234. The molecule has 0 radical (unpaired) electrons. The van der Waals surface area contributed by atoms with E-state index in [1.54, 1.807) is 6.07 Å². The fourth-order valence-electron chi connectivity index (χ4n) is 2.94. The lowest BCUT2D eigenvalue weighted by Gasteiger charge is -2.25. The largest absolute Gasteiger partial charge is 0.331 e. The summed E-state index contributed by atoms with van der Waals surface area (Å²) in [6.45, 7) is 0. The highest BCUT2D eigenvalue weighted by molar-refractivity contribution is 5.76. The maximum atomic E-state index is 13.7. The number of nitrogens with zero attached hydrogens (tertiary/aromatic N) is 2. The molecule has 1 aliphatic rings. The van der Waals surface area contributed by atoms with Gasteiger partial charge in [0.2, 0.25) is 0 Å². The van der Waals surface area contributed by atoms with Gasteiger partial charge in [-0.05, 0) is 37.8 Å². The summed E-state index contributed by atoms with van der Waals surface area (Å²) in [5.41, 5.74) is 7.29. The Bertz CT molecular complexity index is 568. The van der Waals surface area contributed by atoms with Crippen LogP contribution in [0.15, 0.2) is 18.2 Å². The molecular formula is C14H18FN3. The molecule has 0 aliphatic heterocycles. The fraction of sp³-hybridized carbons (Fsp3) is 0.500. The molecule has 1 saturated carbocycles. The van der Waals surface area contributed by atoms with Crippen LogP contribution in [-0.4, -0.2) is 15.6 Å². The molecule has 3 nitrogen and oxygen atoms in total. The van der Waals surface area contributed by atoms with E-state index in [0.717, 1.165) is 37.0 Å². The van der Waals surface area contributed by atoms with Crippen molar-refractivity contribution in [3.8, 4) is 0 Å². The Balaban J connectivity index is 2.02. The fourth-order valence-corrected chi connectivity index (χ4v) is 2.94. The molecule has 1 aliphatic carbocycles. The second-order valence-electron chi connectivity index (χ2n) is 5.25. The van der Waals surface area contributed by atoms with Crippen LogP contribution < -0.4 is 5.73 Å². The van der Waals surface area contributed by atoms with Crippen LogP contribution in [0.1, 0.15) is 37.4 Å². The van der Waals surface area contributed by atoms with E-state index in [0.29, 0.717) is 17.5 Å². The highest BCUT2D eigenvalue weighted by Gasteiger charge is 2.24. The highest BCUT2D eigenvalue weighted by Crippen LogP contribution is 2.33. The summed E-state index contributed by atoms with van der Waals surface area (Å²) in [7, 11) is 1.97. The van der Waals surface area contributed by atoms with Crippen molar-refractivity contribution >= 4 is 11.0 Å². The summed E-state index contributed by atoms with van der Waals surface area (Å²) in [6.07, 6.45) is 4.19. The van der Waals surface area contributed by atoms with E-state index in [1.807, 2.05) is 17.7 Å². The summed E-state index contributed by atoms with van der Waals surface area (Å²) in [5.74, 6) is 1.19. The molecule has 2 aromatic rings. The molecule has 1 fully saturated rings. The molecule has 0 amide bonds. The van der Waals surface area contributed by atoms with Crippen LogP contribution >= 0.6 is 0 Å². The first kappa shape index (κ1) is 11.7. The first-order chi connectivity index (χ1) is 8.66. The van der Waals surface area contributed by atoms with Crippen LogP contribution in [0.2, 0.25) is 0 Å². The summed E-state index contributed by atoms with van der Waals surface area (Å²) >= 11 is 0. The summed E-state index contributed by atoms with van der Waals surface area (Å²) < 4.78 is 15.7. The molecule has 0 spiro atoms. The zero-order valence-electron chi connectivity index (χ0n) is 10.6. The first-order valence-electron chi connectivity index (χ1n) is 6.53. The van der Waals surface area contributed by atoms with Gasteiger partial charge >= 0.3 is 0 Å². The zero-order chi connectivity index (χ0) is 12.7. The van der Waals surface area contributed by atoms with Gasteiger partial charge in [-0.1, -0.05) is 6.07 Å². The average Bonchev–Trinajstić information content (AvgIpc) is 2.70. The molecule has 0 unspecified atom stereocenters. The predicted octanol–water partition coefficient (Wildman–Crippen LogP) is 2.70. The van der Waals surface area contributed by atoms with Crippen molar-refractivity contribution in [3.05, 3.63) is 29.8 Å². The minimum absolute atomic E-state index is 0.234. The van der Waals surface area contributed by atoms with E-state index in [4.69, 9.17) is 5.73 Å². The van der Waals surface area contributed by atoms with Crippen molar-refractivity contribution in [1.29, 1.82) is 0 Å². The SMILES string of the molecule is Cn1c(C2CCC(N)CC2)nc2c(F)cccc21. The molecule has 1 aromatic heterocycles. The number of benzene rings is 1. The average molecular weight is 247 g/mol. The zero-order valence-corrected chi connectivity index (χ0v) is 10.6. The topological polar surface area (TPSA) is 43.8 Å². The molecular weight excluding hydrogens is 229 g/mol. The Kier molecular flexibility index (Phi) is 2.82. The number of imidazole rings is 1.